The molecule has 0 heterocycles. The molecule has 4 heteroatoms. The third kappa shape index (κ3) is 3.28. The van der Waals surface area contributed by atoms with Gasteiger partial charge in [0.05, 0.1) is 5.56 Å². The van der Waals surface area contributed by atoms with Crippen LogP contribution < -0.4 is 5.73 Å². The van der Waals surface area contributed by atoms with E-state index in [0.717, 1.165) is 21.9 Å². The minimum absolute atomic E-state index is 0.324. The number of nitrogen functional groups attached to an aromatic ring is 1. The van der Waals surface area contributed by atoms with Crippen LogP contribution in [-0.4, -0.2) is 11.1 Å². The van der Waals surface area contributed by atoms with Crippen LogP contribution in [0.1, 0.15) is 15.9 Å². The number of rotatable bonds is 4. The quantitative estimate of drug-likeness (QED) is 0.653. The van der Waals surface area contributed by atoms with Gasteiger partial charge < -0.3 is 10.8 Å². The van der Waals surface area contributed by atoms with Crippen LogP contribution in [0.25, 0.3) is 0 Å². The van der Waals surface area contributed by atoms with Gasteiger partial charge in [0.15, 0.2) is 0 Å². The van der Waals surface area contributed by atoms with E-state index in [9.17, 15) is 4.79 Å². The molecule has 3 nitrogen and oxygen atoms in total. The molecule has 2 aromatic rings. The van der Waals surface area contributed by atoms with E-state index in [0.29, 0.717) is 5.56 Å². The average Bonchev–Trinajstić information content (AvgIpc) is 2.38. The van der Waals surface area contributed by atoms with E-state index >= 15 is 0 Å². The van der Waals surface area contributed by atoms with E-state index in [1.165, 1.54) is 0 Å². The molecular weight excluding hydrogens is 246 g/mol. The second kappa shape index (κ2) is 5.60. The van der Waals surface area contributed by atoms with E-state index in [4.69, 9.17) is 10.8 Å². The predicted octanol–water partition coefficient (Wildman–Crippen LogP) is 3.26. The van der Waals surface area contributed by atoms with Crippen LogP contribution in [0.3, 0.4) is 0 Å². The molecule has 92 valence electrons. The van der Waals surface area contributed by atoms with Crippen molar-refractivity contribution in [3.05, 3.63) is 59.7 Å². The zero-order chi connectivity index (χ0) is 13.0. The molecule has 3 N–H and O–H groups in total. The van der Waals surface area contributed by atoms with Crippen molar-refractivity contribution < 1.29 is 9.90 Å². The molecule has 0 aromatic heterocycles. The van der Waals surface area contributed by atoms with E-state index in [1.807, 2.05) is 30.3 Å². The smallest absolute Gasteiger partial charge is 0.335 e. The van der Waals surface area contributed by atoms with Gasteiger partial charge in [-0.1, -0.05) is 12.1 Å². The third-order valence-corrected chi connectivity index (χ3v) is 3.54. The zero-order valence-corrected chi connectivity index (χ0v) is 10.5. The van der Waals surface area contributed by atoms with Crippen molar-refractivity contribution in [2.24, 2.45) is 0 Å². The van der Waals surface area contributed by atoms with Gasteiger partial charge in [0.1, 0.15) is 0 Å². The second-order valence-electron chi connectivity index (χ2n) is 3.86. The number of carboxylic acids is 1. The highest BCUT2D eigenvalue weighted by molar-refractivity contribution is 7.98. The number of benzene rings is 2. The highest BCUT2D eigenvalue weighted by atomic mass is 32.2. The zero-order valence-electron chi connectivity index (χ0n) is 9.67. The van der Waals surface area contributed by atoms with Crippen molar-refractivity contribution in [3.63, 3.8) is 0 Å². The number of aromatic carboxylic acids is 1. The van der Waals surface area contributed by atoms with Gasteiger partial charge in [-0.05, 0) is 42.0 Å². The third-order valence-electron chi connectivity index (χ3n) is 2.46. The number of anilines is 1. The summed E-state index contributed by atoms with van der Waals surface area (Å²) in [5.74, 6) is -0.153. The number of carbonyl (C=O) groups is 1. The summed E-state index contributed by atoms with van der Waals surface area (Å²) in [6, 6.07) is 14.6. The van der Waals surface area contributed by atoms with Crippen LogP contribution in [0, 0.1) is 0 Å². The van der Waals surface area contributed by atoms with Gasteiger partial charge in [-0.3, -0.25) is 0 Å². The Kier molecular flexibility index (Phi) is 3.89. The second-order valence-corrected chi connectivity index (χ2v) is 4.91. The van der Waals surface area contributed by atoms with Crippen LogP contribution in [0.15, 0.2) is 53.4 Å². The molecule has 0 bridgehead atoms. The Bertz CT molecular complexity index is 552. The molecular formula is C14H13NO2S. The first-order valence-electron chi connectivity index (χ1n) is 5.46. The van der Waals surface area contributed by atoms with E-state index in [1.54, 1.807) is 30.0 Å². The number of thioether (sulfide) groups is 1. The lowest BCUT2D eigenvalue weighted by molar-refractivity contribution is 0.0697. The lowest BCUT2D eigenvalue weighted by atomic mass is 10.1. The number of nitrogens with two attached hydrogens (primary N) is 1. The maximum atomic E-state index is 10.8. The van der Waals surface area contributed by atoms with Gasteiger partial charge in [0.2, 0.25) is 0 Å². The number of hydrogen-bond donors (Lipinski definition) is 2. The van der Waals surface area contributed by atoms with Crippen molar-refractivity contribution in [1.82, 2.24) is 0 Å². The average molecular weight is 259 g/mol. The lowest BCUT2D eigenvalue weighted by Crippen LogP contribution is -1.96. The summed E-state index contributed by atoms with van der Waals surface area (Å²) in [6.45, 7) is 0. The fourth-order valence-electron chi connectivity index (χ4n) is 1.52. The fraction of sp³-hybridized carbons (Fsp3) is 0.0714. The standard InChI is InChI=1S/C14H13NO2S/c15-12-4-6-13(7-5-12)18-9-10-2-1-3-11(8-10)14(16)17/h1-8H,9,15H2,(H,16,17). The largest absolute Gasteiger partial charge is 0.478 e. The minimum atomic E-state index is -0.894. The van der Waals surface area contributed by atoms with Gasteiger partial charge in [0.25, 0.3) is 0 Å². The van der Waals surface area contributed by atoms with Crippen LogP contribution in [0.2, 0.25) is 0 Å². The Balaban J connectivity index is 2.04. The van der Waals surface area contributed by atoms with Crippen molar-refractivity contribution >= 4 is 23.4 Å². The summed E-state index contributed by atoms with van der Waals surface area (Å²) in [4.78, 5) is 12.0. The molecule has 0 unspecified atom stereocenters. The highest BCUT2D eigenvalue weighted by Crippen LogP contribution is 2.23. The van der Waals surface area contributed by atoms with Gasteiger partial charge in [0, 0.05) is 16.3 Å². The van der Waals surface area contributed by atoms with Crippen LogP contribution in [0.4, 0.5) is 5.69 Å². The molecule has 0 radical (unpaired) electrons. The Morgan fingerprint density at radius 3 is 2.56 bits per heavy atom. The molecule has 0 saturated carbocycles. The first-order chi connectivity index (χ1) is 8.65. The van der Waals surface area contributed by atoms with Crippen molar-refractivity contribution in [2.75, 3.05) is 5.73 Å². The molecule has 0 aliphatic carbocycles. The summed E-state index contributed by atoms with van der Waals surface area (Å²) in [5, 5.41) is 8.90. The normalized spacial score (nSPS) is 10.2. The first-order valence-corrected chi connectivity index (χ1v) is 6.44. The predicted molar refractivity (Wildman–Crippen MR) is 73.8 cm³/mol. The molecule has 0 aliphatic rings. The Morgan fingerprint density at radius 2 is 1.89 bits per heavy atom. The fourth-order valence-corrected chi connectivity index (χ4v) is 2.37. The maximum absolute atomic E-state index is 10.8. The van der Waals surface area contributed by atoms with Crippen LogP contribution in [-0.2, 0) is 5.75 Å². The Hall–Kier alpha value is -1.94. The van der Waals surface area contributed by atoms with Gasteiger partial charge in [-0.15, -0.1) is 11.8 Å². The van der Waals surface area contributed by atoms with Gasteiger partial charge in [-0.25, -0.2) is 4.79 Å². The van der Waals surface area contributed by atoms with E-state index in [2.05, 4.69) is 0 Å². The molecule has 0 aliphatic heterocycles. The molecule has 0 atom stereocenters. The lowest BCUT2D eigenvalue weighted by Gasteiger charge is -2.03. The van der Waals surface area contributed by atoms with Gasteiger partial charge in [-0.2, -0.15) is 0 Å². The number of carboxylic acid groups (broad SMARTS) is 1. The minimum Gasteiger partial charge on any atom is -0.478 e. The molecule has 0 saturated heterocycles. The molecule has 0 amide bonds. The Labute approximate surface area is 110 Å². The maximum Gasteiger partial charge on any atom is 0.335 e. The van der Waals surface area contributed by atoms with Crippen LogP contribution in [0.5, 0.6) is 0 Å². The summed E-state index contributed by atoms with van der Waals surface area (Å²) < 4.78 is 0. The molecule has 2 rings (SSSR count). The van der Waals surface area contributed by atoms with Crippen LogP contribution >= 0.6 is 11.8 Å². The topological polar surface area (TPSA) is 63.3 Å². The molecule has 2 aromatic carbocycles. The summed E-state index contributed by atoms with van der Waals surface area (Å²) in [6.07, 6.45) is 0. The molecule has 0 fully saturated rings. The van der Waals surface area contributed by atoms with Gasteiger partial charge >= 0.3 is 5.97 Å². The Morgan fingerprint density at radius 1 is 1.17 bits per heavy atom. The highest BCUT2D eigenvalue weighted by Gasteiger charge is 2.03. The SMILES string of the molecule is Nc1ccc(SCc2cccc(C(=O)O)c2)cc1. The van der Waals surface area contributed by atoms with E-state index in [-0.39, 0.29) is 0 Å². The monoisotopic (exact) mass is 259 g/mol. The van der Waals surface area contributed by atoms with Crippen molar-refractivity contribution in [1.29, 1.82) is 0 Å². The summed E-state index contributed by atoms with van der Waals surface area (Å²) >= 11 is 1.65. The summed E-state index contributed by atoms with van der Waals surface area (Å²) in [7, 11) is 0. The van der Waals surface area contributed by atoms with E-state index < -0.39 is 5.97 Å². The molecule has 0 spiro atoms. The van der Waals surface area contributed by atoms with Crippen molar-refractivity contribution in [3.8, 4) is 0 Å². The first kappa shape index (κ1) is 12.5. The van der Waals surface area contributed by atoms with Crippen molar-refractivity contribution in [2.45, 2.75) is 10.6 Å². The number of hydrogen-bond acceptors (Lipinski definition) is 3. The summed E-state index contributed by atoms with van der Waals surface area (Å²) in [5.41, 5.74) is 7.68. The molecule has 18 heavy (non-hydrogen) atoms.